The maximum Gasteiger partial charge on any atom is 0.255 e. The average Bonchev–Trinajstić information content (AvgIpc) is 3.09. The number of likely N-dealkylation sites (tertiary alicyclic amines) is 1. The second-order valence-electron chi connectivity index (χ2n) is 7.57. The van der Waals surface area contributed by atoms with Gasteiger partial charge in [-0.05, 0) is 61.4 Å². The van der Waals surface area contributed by atoms with Gasteiger partial charge in [0, 0.05) is 40.9 Å². The van der Waals surface area contributed by atoms with Crippen molar-refractivity contribution in [1.29, 1.82) is 0 Å². The second-order valence-corrected chi connectivity index (χ2v) is 8.49. The molecule has 1 saturated heterocycles. The summed E-state index contributed by atoms with van der Waals surface area (Å²) in [5.41, 5.74) is 2.81. The summed E-state index contributed by atoms with van der Waals surface area (Å²) in [5.74, 6) is -0.673. The molecule has 2 aromatic carbocycles. The summed E-state index contributed by atoms with van der Waals surface area (Å²) in [6.45, 7) is 5.18. The van der Waals surface area contributed by atoms with Gasteiger partial charge in [-0.25, -0.2) is 0 Å². The minimum Gasteiger partial charge on any atom is -0.342 e. The summed E-state index contributed by atoms with van der Waals surface area (Å²) >= 11 is 3.41. The highest BCUT2D eigenvalue weighted by Gasteiger charge is 2.33. The van der Waals surface area contributed by atoms with Crippen molar-refractivity contribution in [2.24, 2.45) is 5.92 Å². The van der Waals surface area contributed by atoms with Crippen molar-refractivity contribution >= 4 is 45.0 Å². The van der Waals surface area contributed by atoms with Crippen molar-refractivity contribution < 1.29 is 14.4 Å². The number of rotatable bonds is 7. The van der Waals surface area contributed by atoms with Gasteiger partial charge >= 0.3 is 0 Å². The van der Waals surface area contributed by atoms with Crippen LogP contribution in [0.15, 0.2) is 46.9 Å². The molecule has 0 bridgehead atoms. The van der Waals surface area contributed by atoms with Crippen LogP contribution in [0.1, 0.15) is 42.1 Å². The monoisotopic (exact) mass is 471 g/mol. The van der Waals surface area contributed by atoms with Crippen LogP contribution < -0.4 is 10.6 Å². The third-order valence-corrected chi connectivity index (χ3v) is 5.71. The van der Waals surface area contributed by atoms with E-state index >= 15 is 0 Å². The normalized spacial score (nSPS) is 15.9. The van der Waals surface area contributed by atoms with Gasteiger partial charge in [-0.3, -0.25) is 14.4 Å². The maximum absolute atomic E-state index is 12.5. The van der Waals surface area contributed by atoms with Gasteiger partial charge in [-0.1, -0.05) is 29.3 Å². The summed E-state index contributed by atoms with van der Waals surface area (Å²) < 4.78 is 0.954. The summed E-state index contributed by atoms with van der Waals surface area (Å²) in [7, 11) is 0. The molecular formula is C23H26BrN3O3. The van der Waals surface area contributed by atoms with Crippen molar-refractivity contribution in [2.45, 2.75) is 33.1 Å². The third kappa shape index (κ3) is 5.48. The fourth-order valence-electron chi connectivity index (χ4n) is 3.42. The summed E-state index contributed by atoms with van der Waals surface area (Å²) in [5, 5.41) is 5.75. The molecule has 2 N–H and O–H groups in total. The van der Waals surface area contributed by atoms with E-state index in [0.717, 1.165) is 28.6 Å². The zero-order chi connectivity index (χ0) is 21.7. The average molecular weight is 472 g/mol. The first-order chi connectivity index (χ1) is 14.4. The quantitative estimate of drug-likeness (QED) is 0.619. The van der Waals surface area contributed by atoms with Gasteiger partial charge < -0.3 is 15.5 Å². The minimum absolute atomic E-state index is 0.0406. The molecule has 2 aromatic rings. The van der Waals surface area contributed by atoms with Crippen LogP contribution in [0.5, 0.6) is 0 Å². The standard InChI is InChI=1S/C23H26BrN3O3/c1-3-4-11-27-14-17(13-21(27)28)23(30)25-19-8-5-16(6-9-19)22(29)26-20-10-7-18(24)12-15(20)2/h5-10,12,17H,3-4,11,13-14H2,1-2H3,(H,25,30)(H,26,29)/t17-/m1/s1. The number of anilines is 2. The van der Waals surface area contributed by atoms with Gasteiger partial charge in [-0.15, -0.1) is 0 Å². The SMILES string of the molecule is CCCCN1C[C@H](C(=O)Nc2ccc(C(=O)Nc3ccc(Br)cc3C)cc2)CC1=O. The lowest BCUT2D eigenvalue weighted by Crippen LogP contribution is -2.29. The topological polar surface area (TPSA) is 78.5 Å². The number of halogens is 1. The van der Waals surface area contributed by atoms with Crippen LogP contribution in [0.25, 0.3) is 0 Å². The van der Waals surface area contributed by atoms with Crippen molar-refractivity contribution in [2.75, 3.05) is 23.7 Å². The van der Waals surface area contributed by atoms with Gasteiger partial charge in [-0.2, -0.15) is 0 Å². The van der Waals surface area contributed by atoms with Crippen LogP contribution in [0.4, 0.5) is 11.4 Å². The predicted molar refractivity (Wildman–Crippen MR) is 121 cm³/mol. The summed E-state index contributed by atoms with van der Waals surface area (Å²) in [6.07, 6.45) is 2.22. The molecule has 0 unspecified atom stereocenters. The van der Waals surface area contributed by atoms with Gasteiger partial charge in [0.1, 0.15) is 0 Å². The highest BCUT2D eigenvalue weighted by atomic mass is 79.9. The Morgan fingerprint density at radius 3 is 2.53 bits per heavy atom. The molecule has 1 heterocycles. The van der Waals surface area contributed by atoms with Crippen LogP contribution >= 0.6 is 15.9 Å². The molecule has 3 amide bonds. The number of carbonyl (C=O) groups is 3. The molecule has 158 valence electrons. The van der Waals surface area contributed by atoms with E-state index in [2.05, 4.69) is 33.5 Å². The number of amides is 3. The first-order valence-electron chi connectivity index (χ1n) is 10.1. The van der Waals surface area contributed by atoms with E-state index < -0.39 is 0 Å². The molecule has 30 heavy (non-hydrogen) atoms. The lowest BCUT2D eigenvalue weighted by atomic mass is 10.1. The second kappa shape index (κ2) is 9.89. The van der Waals surface area contributed by atoms with Gasteiger partial charge in [0.15, 0.2) is 0 Å². The van der Waals surface area contributed by atoms with Crippen molar-refractivity contribution in [3.8, 4) is 0 Å². The Hall–Kier alpha value is -2.67. The molecule has 0 spiro atoms. The molecule has 7 heteroatoms. The Morgan fingerprint density at radius 1 is 1.13 bits per heavy atom. The number of nitrogens with one attached hydrogen (secondary N) is 2. The molecule has 3 rings (SSSR count). The highest BCUT2D eigenvalue weighted by Crippen LogP contribution is 2.22. The smallest absolute Gasteiger partial charge is 0.255 e. The lowest BCUT2D eigenvalue weighted by molar-refractivity contribution is -0.128. The van der Waals surface area contributed by atoms with Crippen LogP contribution in [0, 0.1) is 12.8 Å². The van der Waals surface area contributed by atoms with Crippen LogP contribution in [-0.4, -0.2) is 35.7 Å². The Kier molecular flexibility index (Phi) is 7.26. The molecule has 6 nitrogen and oxygen atoms in total. The molecule has 0 saturated carbocycles. The van der Waals surface area contributed by atoms with Crippen LogP contribution in [0.3, 0.4) is 0 Å². The summed E-state index contributed by atoms with van der Waals surface area (Å²) in [4.78, 5) is 38.9. The molecule has 0 aromatic heterocycles. The Morgan fingerprint density at radius 2 is 1.87 bits per heavy atom. The number of benzene rings is 2. The molecule has 0 radical (unpaired) electrons. The number of aryl methyl sites for hydroxylation is 1. The lowest BCUT2D eigenvalue weighted by Gasteiger charge is -2.16. The van der Waals surface area contributed by atoms with E-state index in [4.69, 9.17) is 0 Å². The molecule has 1 aliphatic heterocycles. The Bertz CT molecular complexity index is 943. The van der Waals surface area contributed by atoms with Crippen LogP contribution in [-0.2, 0) is 9.59 Å². The van der Waals surface area contributed by atoms with E-state index in [0.29, 0.717) is 24.3 Å². The predicted octanol–water partition coefficient (Wildman–Crippen LogP) is 4.60. The van der Waals surface area contributed by atoms with Crippen molar-refractivity contribution in [1.82, 2.24) is 4.90 Å². The highest BCUT2D eigenvalue weighted by molar-refractivity contribution is 9.10. The molecule has 1 atom stereocenters. The van der Waals surface area contributed by atoms with Crippen molar-refractivity contribution in [3.05, 3.63) is 58.1 Å². The zero-order valence-electron chi connectivity index (χ0n) is 17.2. The number of hydrogen-bond donors (Lipinski definition) is 2. The van der Waals surface area contributed by atoms with Crippen molar-refractivity contribution in [3.63, 3.8) is 0 Å². The molecule has 1 fully saturated rings. The number of carbonyl (C=O) groups excluding carboxylic acids is 3. The number of unbranched alkanes of at least 4 members (excludes halogenated alkanes) is 1. The van der Waals surface area contributed by atoms with E-state index in [-0.39, 0.29) is 30.1 Å². The van der Waals surface area contributed by atoms with Gasteiger partial charge in [0.2, 0.25) is 11.8 Å². The fraction of sp³-hybridized carbons (Fsp3) is 0.348. The first kappa shape index (κ1) is 22.0. The largest absolute Gasteiger partial charge is 0.342 e. The zero-order valence-corrected chi connectivity index (χ0v) is 18.8. The minimum atomic E-state index is -0.335. The van der Waals surface area contributed by atoms with Gasteiger partial charge in [0.25, 0.3) is 5.91 Å². The van der Waals surface area contributed by atoms with E-state index in [1.165, 1.54) is 0 Å². The third-order valence-electron chi connectivity index (χ3n) is 5.22. The molecule has 1 aliphatic rings. The maximum atomic E-state index is 12.5. The Labute approximate surface area is 185 Å². The first-order valence-corrected chi connectivity index (χ1v) is 10.9. The molecule has 0 aliphatic carbocycles. The fourth-order valence-corrected chi connectivity index (χ4v) is 3.90. The summed E-state index contributed by atoms with van der Waals surface area (Å²) in [6, 6.07) is 12.4. The van der Waals surface area contributed by atoms with E-state index in [9.17, 15) is 14.4 Å². The van der Waals surface area contributed by atoms with E-state index in [1.54, 1.807) is 29.2 Å². The Balaban J connectivity index is 1.57. The van der Waals surface area contributed by atoms with E-state index in [1.807, 2.05) is 25.1 Å². The number of hydrogen-bond acceptors (Lipinski definition) is 3. The molecular weight excluding hydrogens is 446 g/mol. The van der Waals surface area contributed by atoms with Gasteiger partial charge in [0.05, 0.1) is 5.92 Å². The number of nitrogens with zero attached hydrogens (tertiary/aromatic N) is 1. The van der Waals surface area contributed by atoms with Crippen LogP contribution in [0.2, 0.25) is 0 Å².